The highest BCUT2D eigenvalue weighted by molar-refractivity contribution is 7.88. The molecule has 29 heavy (non-hydrogen) atoms. The maximum absolute atomic E-state index is 12.2. The quantitative estimate of drug-likeness (QED) is 0.681. The van der Waals surface area contributed by atoms with Gasteiger partial charge in [0.05, 0.1) is 12.1 Å². The van der Waals surface area contributed by atoms with Crippen molar-refractivity contribution >= 4 is 33.7 Å². The molecule has 2 N–H and O–H groups in total. The van der Waals surface area contributed by atoms with Crippen LogP contribution >= 0.6 is 0 Å². The molecular formula is C19H19N3O6S. The van der Waals surface area contributed by atoms with Crippen molar-refractivity contribution in [3.63, 3.8) is 0 Å². The summed E-state index contributed by atoms with van der Waals surface area (Å²) in [7, 11) is -3.79. The Balaban J connectivity index is 1.55. The summed E-state index contributed by atoms with van der Waals surface area (Å²) in [5.74, 6) is -1.26. The van der Waals surface area contributed by atoms with Crippen molar-refractivity contribution in [3.8, 4) is 0 Å². The molecule has 0 aromatic heterocycles. The summed E-state index contributed by atoms with van der Waals surface area (Å²) in [6, 6.07) is 13.2. The van der Waals surface area contributed by atoms with Crippen LogP contribution in [0.2, 0.25) is 0 Å². The minimum Gasteiger partial charge on any atom is -0.457 e. The molecule has 152 valence electrons. The lowest BCUT2D eigenvalue weighted by molar-refractivity contribution is -0.118. The van der Waals surface area contributed by atoms with Crippen LogP contribution in [0.4, 0.5) is 5.69 Å². The van der Waals surface area contributed by atoms with E-state index >= 15 is 0 Å². The average Bonchev–Trinajstić information content (AvgIpc) is 2.92. The van der Waals surface area contributed by atoms with Crippen molar-refractivity contribution in [2.24, 2.45) is 0 Å². The summed E-state index contributed by atoms with van der Waals surface area (Å²) < 4.78 is 31.7. The minimum atomic E-state index is -3.79. The molecule has 1 saturated heterocycles. The molecule has 1 aliphatic heterocycles. The van der Waals surface area contributed by atoms with Crippen LogP contribution in [0.5, 0.6) is 0 Å². The number of anilines is 1. The molecule has 1 fully saturated rings. The number of esters is 1. The van der Waals surface area contributed by atoms with Crippen molar-refractivity contribution in [2.75, 3.05) is 11.9 Å². The van der Waals surface area contributed by atoms with E-state index in [4.69, 9.17) is 4.74 Å². The Bertz CT molecular complexity index is 1030. The van der Waals surface area contributed by atoms with Crippen LogP contribution in [-0.2, 0) is 37.7 Å². The summed E-state index contributed by atoms with van der Waals surface area (Å²) in [4.78, 5) is 34.4. The van der Waals surface area contributed by atoms with Crippen LogP contribution < -0.4 is 10.0 Å². The van der Waals surface area contributed by atoms with E-state index in [-0.39, 0.29) is 25.6 Å². The third-order valence-corrected chi connectivity index (χ3v) is 5.52. The van der Waals surface area contributed by atoms with E-state index in [1.807, 2.05) is 4.72 Å². The van der Waals surface area contributed by atoms with Crippen molar-refractivity contribution < 1.29 is 27.5 Å². The maximum atomic E-state index is 12.2. The molecule has 1 aliphatic rings. The largest absolute Gasteiger partial charge is 0.457 e. The zero-order valence-electron chi connectivity index (χ0n) is 15.5. The Morgan fingerprint density at radius 2 is 1.69 bits per heavy atom. The zero-order chi connectivity index (χ0) is 21.0. The molecule has 0 aliphatic carbocycles. The number of amides is 2. The molecule has 1 heterocycles. The second kappa shape index (κ2) is 8.41. The summed E-state index contributed by atoms with van der Waals surface area (Å²) in [5, 5.41) is 2.65. The molecule has 0 unspecified atom stereocenters. The van der Waals surface area contributed by atoms with Gasteiger partial charge in [-0.2, -0.15) is 12.7 Å². The SMILES string of the molecule is CC(=O)Nc1ccc(COC(=O)c2ccc(CN3CC(=O)NS3(=O)=O)cc2)cc1. The molecule has 3 rings (SSSR count). The van der Waals surface area contributed by atoms with Crippen LogP contribution in [0.1, 0.15) is 28.4 Å². The van der Waals surface area contributed by atoms with Gasteiger partial charge >= 0.3 is 16.2 Å². The highest BCUT2D eigenvalue weighted by Crippen LogP contribution is 2.15. The molecule has 9 nitrogen and oxygen atoms in total. The van der Waals surface area contributed by atoms with Crippen molar-refractivity contribution in [1.29, 1.82) is 0 Å². The first-order valence-corrected chi connectivity index (χ1v) is 10.1. The first-order chi connectivity index (χ1) is 13.7. The topological polar surface area (TPSA) is 122 Å². The van der Waals surface area contributed by atoms with Gasteiger partial charge in [0, 0.05) is 19.2 Å². The van der Waals surface area contributed by atoms with Crippen LogP contribution in [0.25, 0.3) is 0 Å². The van der Waals surface area contributed by atoms with Crippen LogP contribution in [0.3, 0.4) is 0 Å². The van der Waals surface area contributed by atoms with E-state index in [2.05, 4.69) is 5.32 Å². The number of hydrogen-bond donors (Lipinski definition) is 2. The van der Waals surface area contributed by atoms with Gasteiger partial charge in [-0.1, -0.05) is 24.3 Å². The summed E-state index contributed by atoms with van der Waals surface area (Å²) >= 11 is 0. The fourth-order valence-electron chi connectivity index (χ4n) is 2.70. The fourth-order valence-corrected chi connectivity index (χ4v) is 3.78. The van der Waals surface area contributed by atoms with Crippen LogP contribution in [0.15, 0.2) is 48.5 Å². The third kappa shape index (κ3) is 5.39. The van der Waals surface area contributed by atoms with E-state index in [1.165, 1.54) is 19.1 Å². The number of hydrogen-bond acceptors (Lipinski definition) is 6. The van der Waals surface area contributed by atoms with Gasteiger partial charge in [0.25, 0.3) is 0 Å². The Labute approximate surface area is 167 Å². The predicted molar refractivity (Wildman–Crippen MR) is 104 cm³/mol. The highest BCUT2D eigenvalue weighted by Gasteiger charge is 2.33. The normalized spacial score (nSPS) is 15.6. The van der Waals surface area contributed by atoms with E-state index in [0.717, 1.165) is 9.87 Å². The van der Waals surface area contributed by atoms with Gasteiger partial charge in [-0.3, -0.25) is 9.59 Å². The molecule has 0 radical (unpaired) electrons. The lowest BCUT2D eigenvalue weighted by Gasteiger charge is -2.12. The smallest absolute Gasteiger partial charge is 0.338 e. The average molecular weight is 417 g/mol. The Morgan fingerprint density at radius 3 is 2.24 bits per heavy atom. The number of carbonyl (C=O) groups excluding carboxylic acids is 3. The van der Waals surface area contributed by atoms with Gasteiger partial charge in [-0.15, -0.1) is 0 Å². The maximum Gasteiger partial charge on any atom is 0.338 e. The van der Waals surface area contributed by atoms with Crippen molar-refractivity contribution in [1.82, 2.24) is 9.03 Å². The second-order valence-electron chi connectivity index (χ2n) is 6.45. The first kappa shape index (κ1) is 20.5. The lowest BCUT2D eigenvalue weighted by atomic mass is 10.1. The summed E-state index contributed by atoms with van der Waals surface area (Å²) in [6.45, 7) is 1.28. The van der Waals surface area contributed by atoms with Crippen LogP contribution in [0, 0.1) is 0 Å². The molecule has 10 heteroatoms. The van der Waals surface area contributed by atoms with E-state index in [1.54, 1.807) is 36.4 Å². The Morgan fingerprint density at radius 1 is 1.07 bits per heavy atom. The van der Waals surface area contributed by atoms with Crippen molar-refractivity contribution in [3.05, 3.63) is 65.2 Å². The number of nitrogens with zero attached hydrogens (tertiary/aromatic N) is 1. The van der Waals surface area contributed by atoms with E-state index < -0.39 is 22.1 Å². The van der Waals surface area contributed by atoms with Crippen molar-refractivity contribution in [2.45, 2.75) is 20.1 Å². The molecule has 2 aromatic carbocycles. The molecule has 0 spiro atoms. The van der Waals surface area contributed by atoms with E-state index in [0.29, 0.717) is 16.8 Å². The standard InChI is InChI=1S/C19H19N3O6S/c1-13(23)20-17-8-4-15(5-9-17)12-28-19(25)16-6-2-14(3-7-16)10-22-11-18(24)21-29(22,26)27/h2-9H,10-12H2,1H3,(H,20,23)(H,21,24). The number of nitrogens with one attached hydrogen (secondary N) is 2. The summed E-state index contributed by atoms with van der Waals surface area (Å²) in [6.07, 6.45) is 0. The Hall–Kier alpha value is -3.24. The molecule has 2 amide bonds. The van der Waals surface area contributed by atoms with Gasteiger partial charge in [-0.25, -0.2) is 9.52 Å². The monoisotopic (exact) mass is 417 g/mol. The number of carbonyl (C=O) groups is 3. The van der Waals surface area contributed by atoms with Gasteiger partial charge in [-0.05, 0) is 35.4 Å². The van der Waals surface area contributed by atoms with Gasteiger partial charge in [0.15, 0.2) is 0 Å². The third-order valence-electron chi connectivity index (χ3n) is 4.10. The zero-order valence-corrected chi connectivity index (χ0v) is 16.4. The minimum absolute atomic E-state index is 0.0248. The van der Waals surface area contributed by atoms with E-state index in [9.17, 15) is 22.8 Å². The first-order valence-electron chi connectivity index (χ1n) is 8.66. The number of ether oxygens (including phenoxy) is 1. The second-order valence-corrected chi connectivity index (χ2v) is 8.12. The van der Waals surface area contributed by atoms with Gasteiger partial charge in [0.1, 0.15) is 6.61 Å². The number of rotatable bonds is 6. The highest BCUT2D eigenvalue weighted by atomic mass is 32.2. The summed E-state index contributed by atoms with van der Waals surface area (Å²) in [5.41, 5.74) is 2.37. The fraction of sp³-hybridized carbons (Fsp3) is 0.211. The molecule has 0 bridgehead atoms. The van der Waals surface area contributed by atoms with Gasteiger partial charge in [0.2, 0.25) is 11.8 Å². The van der Waals surface area contributed by atoms with Gasteiger partial charge < -0.3 is 10.1 Å². The lowest BCUT2D eigenvalue weighted by Crippen LogP contribution is -2.29. The molecule has 0 saturated carbocycles. The molecular weight excluding hydrogens is 398 g/mol. The van der Waals surface area contributed by atoms with Crippen LogP contribution in [-0.4, -0.2) is 37.1 Å². The molecule has 2 aromatic rings. The number of benzene rings is 2. The Kier molecular flexibility index (Phi) is 5.95. The predicted octanol–water partition coefficient (Wildman–Crippen LogP) is 1.18. The molecule has 0 atom stereocenters.